The number of carbonyl (C=O) groups is 1. The molecule has 0 amide bonds. The number of ether oxygens (including phenoxy) is 1. The average molecular weight is 435 g/mol. The molecule has 0 N–H and O–H groups in total. The Morgan fingerprint density at radius 1 is 1.06 bits per heavy atom. The highest BCUT2D eigenvalue weighted by atomic mass is 16.5. The first-order chi connectivity index (χ1) is 15.5. The summed E-state index contributed by atoms with van der Waals surface area (Å²) < 4.78 is 6.83. The number of ketones is 1. The highest BCUT2D eigenvalue weighted by Crippen LogP contribution is 2.21. The number of methoxy groups -OCH3 is 1. The molecule has 0 unspecified atom stereocenters. The molecule has 1 aliphatic heterocycles. The minimum Gasteiger partial charge on any atom is -0.481 e. The van der Waals surface area contributed by atoms with Crippen LogP contribution in [0.3, 0.4) is 0 Å². The number of piperazine rings is 1. The van der Waals surface area contributed by atoms with Crippen LogP contribution in [0.15, 0.2) is 36.5 Å². The van der Waals surface area contributed by atoms with E-state index in [1.165, 1.54) is 11.3 Å². The van der Waals surface area contributed by atoms with E-state index in [0.717, 1.165) is 44.1 Å². The lowest BCUT2D eigenvalue weighted by Crippen LogP contribution is -2.47. The van der Waals surface area contributed by atoms with Gasteiger partial charge in [0.05, 0.1) is 24.6 Å². The van der Waals surface area contributed by atoms with Crippen LogP contribution in [0.2, 0.25) is 0 Å². The van der Waals surface area contributed by atoms with Crippen LogP contribution >= 0.6 is 0 Å². The first kappa shape index (κ1) is 22.0. The highest BCUT2D eigenvalue weighted by molar-refractivity contribution is 5.97. The van der Waals surface area contributed by atoms with Crippen LogP contribution in [0.4, 0.5) is 5.69 Å². The molecule has 0 saturated carbocycles. The fourth-order valence-corrected chi connectivity index (χ4v) is 4.13. The molecule has 1 aliphatic rings. The third kappa shape index (κ3) is 4.65. The van der Waals surface area contributed by atoms with Gasteiger partial charge < -0.3 is 9.64 Å². The molecule has 1 fully saturated rings. The maximum absolute atomic E-state index is 12.9. The Labute approximate surface area is 188 Å². The number of para-hydroxylation sites is 1. The lowest BCUT2D eigenvalue weighted by molar-refractivity contribution is 0.0962. The van der Waals surface area contributed by atoms with E-state index < -0.39 is 0 Å². The summed E-state index contributed by atoms with van der Waals surface area (Å²) in [5.74, 6) is 0.973. The predicted molar refractivity (Wildman–Crippen MR) is 124 cm³/mol. The van der Waals surface area contributed by atoms with Crippen molar-refractivity contribution < 1.29 is 9.53 Å². The minimum absolute atomic E-state index is 0.0923. The van der Waals surface area contributed by atoms with E-state index >= 15 is 0 Å². The standard InChI is InChI=1S/C24H30N6O2/c1-17-7-5-6-8-21(17)29-13-11-28(12-14-29)10-9-22(31)20-16-25-30(19(20)3)24-26-18(2)15-23(27-24)32-4/h5-8,15-16H,9-14H2,1-4H3. The van der Waals surface area contributed by atoms with Crippen LogP contribution in [0.25, 0.3) is 5.95 Å². The fraction of sp³-hybridized carbons (Fsp3) is 0.417. The Balaban J connectivity index is 1.36. The number of aryl methyl sites for hydroxylation is 2. The van der Waals surface area contributed by atoms with Crippen molar-refractivity contribution in [2.24, 2.45) is 0 Å². The summed E-state index contributed by atoms with van der Waals surface area (Å²) in [6.07, 6.45) is 2.08. The first-order valence-electron chi connectivity index (χ1n) is 11.0. The van der Waals surface area contributed by atoms with Crippen LogP contribution in [0, 0.1) is 20.8 Å². The molecule has 0 atom stereocenters. The van der Waals surface area contributed by atoms with E-state index in [-0.39, 0.29) is 5.78 Å². The Morgan fingerprint density at radius 3 is 2.53 bits per heavy atom. The van der Waals surface area contributed by atoms with E-state index in [2.05, 4.69) is 56.1 Å². The molecular weight excluding hydrogens is 404 g/mol. The topological polar surface area (TPSA) is 76.4 Å². The number of hydrogen-bond acceptors (Lipinski definition) is 7. The summed E-state index contributed by atoms with van der Waals surface area (Å²) in [7, 11) is 1.57. The van der Waals surface area contributed by atoms with Crippen LogP contribution in [-0.4, -0.2) is 70.3 Å². The molecule has 0 radical (unpaired) electrons. The third-order valence-electron chi connectivity index (χ3n) is 6.01. The molecule has 0 spiro atoms. The number of benzene rings is 1. The van der Waals surface area contributed by atoms with Gasteiger partial charge in [0.1, 0.15) is 0 Å². The van der Waals surface area contributed by atoms with E-state index in [1.807, 2.05) is 13.8 Å². The number of rotatable bonds is 7. The van der Waals surface area contributed by atoms with Crippen molar-refractivity contribution in [3.63, 3.8) is 0 Å². The predicted octanol–water partition coefficient (Wildman–Crippen LogP) is 2.99. The number of aromatic nitrogens is 4. The number of hydrogen-bond donors (Lipinski definition) is 0. The van der Waals surface area contributed by atoms with Crippen molar-refractivity contribution in [1.82, 2.24) is 24.6 Å². The first-order valence-corrected chi connectivity index (χ1v) is 11.0. The van der Waals surface area contributed by atoms with Gasteiger partial charge >= 0.3 is 0 Å². The zero-order valence-electron chi connectivity index (χ0n) is 19.2. The molecule has 8 heteroatoms. The zero-order valence-corrected chi connectivity index (χ0v) is 19.2. The van der Waals surface area contributed by atoms with Gasteiger partial charge in [-0.05, 0) is 32.4 Å². The van der Waals surface area contributed by atoms with Crippen molar-refractivity contribution in [3.8, 4) is 11.8 Å². The van der Waals surface area contributed by atoms with Crippen molar-refractivity contribution in [1.29, 1.82) is 0 Å². The van der Waals surface area contributed by atoms with Crippen molar-refractivity contribution in [2.75, 3.05) is 44.7 Å². The molecule has 32 heavy (non-hydrogen) atoms. The fourth-order valence-electron chi connectivity index (χ4n) is 4.13. The summed E-state index contributed by atoms with van der Waals surface area (Å²) in [5.41, 5.74) is 4.75. The second-order valence-electron chi connectivity index (χ2n) is 8.20. The van der Waals surface area contributed by atoms with E-state index in [1.54, 1.807) is 24.1 Å². The smallest absolute Gasteiger partial charge is 0.254 e. The Kier molecular flexibility index (Phi) is 6.50. The number of anilines is 1. The van der Waals surface area contributed by atoms with Gasteiger partial charge in [-0.25, -0.2) is 9.67 Å². The largest absolute Gasteiger partial charge is 0.481 e. The molecule has 1 saturated heterocycles. The van der Waals surface area contributed by atoms with Crippen molar-refractivity contribution >= 4 is 11.5 Å². The van der Waals surface area contributed by atoms with Gasteiger partial charge in [-0.1, -0.05) is 18.2 Å². The van der Waals surface area contributed by atoms with Gasteiger partial charge in [0, 0.05) is 56.6 Å². The highest BCUT2D eigenvalue weighted by Gasteiger charge is 2.21. The molecule has 168 valence electrons. The summed E-state index contributed by atoms with van der Waals surface area (Å²) in [6.45, 7) is 10.5. The molecule has 2 aromatic heterocycles. The van der Waals surface area contributed by atoms with Crippen LogP contribution in [0.1, 0.15) is 33.7 Å². The van der Waals surface area contributed by atoms with Crippen LogP contribution < -0.4 is 9.64 Å². The van der Waals surface area contributed by atoms with Gasteiger partial charge in [0.15, 0.2) is 5.78 Å². The second kappa shape index (κ2) is 9.48. The molecule has 0 aliphatic carbocycles. The van der Waals surface area contributed by atoms with E-state index in [4.69, 9.17) is 4.74 Å². The molecule has 0 bridgehead atoms. The van der Waals surface area contributed by atoms with Crippen molar-refractivity contribution in [3.05, 3.63) is 59.0 Å². The number of carbonyl (C=O) groups excluding carboxylic acids is 1. The summed E-state index contributed by atoms with van der Waals surface area (Å²) >= 11 is 0. The Morgan fingerprint density at radius 2 is 1.81 bits per heavy atom. The van der Waals surface area contributed by atoms with Gasteiger partial charge in [-0.3, -0.25) is 9.69 Å². The van der Waals surface area contributed by atoms with Crippen LogP contribution in [-0.2, 0) is 0 Å². The third-order valence-corrected chi connectivity index (χ3v) is 6.01. The SMILES string of the molecule is COc1cc(C)nc(-n2ncc(C(=O)CCN3CCN(c4ccccc4C)CC3)c2C)n1. The van der Waals surface area contributed by atoms with Crippen LogP contribution in [0.5, 0.6) is 5.88 Å². The summed E-state index contributed by atoms with van der Waals surface area (Å²) in [4.78, 5) is 26.5. The quantitative estimate of drug-likeness (QED) is 0.529. The van der Waals surface area contributed by atoms with Gasteiger partial charge in [0.2, 0.25) is 5.88 Å². The zero-order chi connectivity index (χ0) is 22.7. The van der Waals surface area contributed by atoms with Crippen molar-refractivity contribution in [2.45, 2.75) is 27.2 Å². The summed E-state index contributed by atoms with van der Waals surface area (Å²) in [5, 5.41) is 4.37. The molecule has 3 aromatic rings. The molecule has 3 heterocycles. The number of nitrogens with zero attached hydrogens (tertiary/aromatic N) is 6. The molecule has 8 nitrogen and oxygen atoms in total. The molecule has 1 aromatic carbocycles. The monoisotopic (exact) mass is 434 g/mol. The van der Waals surface area contributed by atoms with Gasteiger partial charge in [-0.15, -0.1) is 0 Å². The van der Waals surface area contributed by atoms with Gasteiger partial charge in [0.25, 0.3) is 5.95 Å². The number of Topliss-reactive ketones (excluding diaryl/α,β-unsaturated/α-hetero) is 1. The Hall–Kier alpha value is -3.26. The maximum Gasteiger partial charge on any atom is 0.254 e. The second-order valence-corrected chi connectivity index (χ2v) is 8.20. The normalized spacial score (nSPS) is 14.6. The lowest BCUT2D eigenvalue weighted by atomic mass is 10.1. The van der Waals surface area contributed by atoms with E-state index in [9.17, 15) is 4.79 Å². The minimum atomic E-state index is 0.0923. The molecule has 4 rings (SSSR count). The molecular formula is C24H30N6O2. The van der Waals surface area contributed by atoms with E-state index in [0.29, 0.717) is 23.8 Å². The average Bonchev–Trinajstić information content (AvgIpc) is 3.19. The lowest BCUT2D eigenvalue weighted by Gasteiger charge is -2.36. The maximum atomic E-state index is 12.9. The summed E-state index contributed by atoms with van der Waals surface area (Å²) in [6, 6.07) is 10.3. The van der Waals surface area contributed by atoms with Gasteiger partial charge in [-0.2, -0.15) is 10.1 Å². The Bertz CT molecular complexity index is 1100.